The van der Waals surface area contributed by atoms with Crippen LogP contribution in [-0.2, 0) is 16.0 Å². The minimum atomic E-state index is -0.652. The monoisotopic (exact) mass is 281 g/mol. The maximum atomic E-state index is 13.8. The second-order valence-corrected chi connectivity index (χ2v) is 5.05. The van der Waals surface area contributed by atoms with Gasteiger partial charge in [-0.05, 0) is 37.0 Å². The van der Waals surface area contributed by atoms with E-state index in [4.69, 9.17) is 4.74 Å². The molecule has 0 aliphatic heterocycles. The molecule has 4 nitrogen and oxygen atoms in total. The van der Waals surface area contributed by atoms with E-state index in [0.717, 1.165) is 24.8 Å². The van der Waals surface area contributed by atoms with Crippen molar-refractivity contribution in [3.8, 4) is 0 Å². The standard InChI is InChI=1S/C15H20FNO3/c1-19-12-5-4-11(8-12)17-9-10-3-6-13(14(16)7-10)15(18)20-2/h3,6-7,11-12,17H,4-5,8-9H2,1-2H3. The molecule has 0 heterocycles. The van der Waals surface area contributed by atoms with Gasteiger partial charge in [-0.3, -0.25) is 0 Å². The quantitative estimate of drug-likeness (QED) is 0.841. The normalized spacial score (nSPS) is 21.9. The number of benzene rings is 1. The summed E-state index contributed by atoms with van der Waals surface area (Å²) in [5.41, 5.74) is 0.785. The number of rotatable bonds is 5. The van der Waals surface area contributed by atoms with Crippen LogP contribution < -0.4 is 5.32 Å². The van der Waals surface area contributed by atoms with Crippen LogP contribution in [0.1, 0.15) is 35.2 Å². The van der Waals surface area contributed by atoms with Crippen molar-refractivity contribution in [3.63, 3.8) is 0 Å². The Bertz CT molecular complexity index is 478. The first-order valence-electron chi connectivity index (χ1n) is 6.77. The van der Waals surface area contributed by atoms with Gasteiger partial charge in [0.25, 0.3) is 0 Å². The van der Waals surface area contributed by atoms with Gasteiger partial charge in [-0.25, -0.2) is 9.18 Å². The van der Waals surface area contributed by atoms with E-state index in [1.165, 1.54) is 19.2 Å². The summed E-state index contributed by atoms with van der Waals surface area (Å²) >= 11 is 0. The zero-order valence-electron chi connectivity index (χ0n) is 11.8. The molecule has 2 rings (SSSR count). The predicted octanol–water partition coefficient (Wildman–Crippen LogP) is 2.27. The maximum absolute atomic E-state index is 13.8. The van der Waals surface area contributed by atoms with Crippen LogP contribution in [-0.4, -0.2) is 32.3 Å². The van der Waals surface area contributed by atoms with Crippen molar-refractivity contribution in [2.24, 2.45) is 0 Å². The minimum absolute atomic E-state index is 0.0310. The van der Waals surface area contributed by atoms with Gasteiger partial charge in [-0.1, -0.05) is 6.07 Å². The number of hydrogen-bond donors (Lipinski definition) is 1. The van der Waals surface area contributed by atoms with Crippen LogP contribution in [0.2, 0.25) is 0 Å². The SMILES string of the molecule is COC(=O)c1ccc(CNC2CCC(OC)C2)cc1F. The summed E-state index contributed by atoms with van der Waals surface area (Å²) < 4.78 is 23.6. The fourth-order valence-corrected chi connectivity index (χ4v) is 2.55. The number of nitrogens with one attached hydrogen (secondary N) is 1. The van der Waals surface area contributed by atoms with Gasteiger partial charge in [0.15, 0.2) is 0 Å². The number of carbonyl (C=O) groups excluding carboxylic acids is 1. The van der Waals surface area contributed by atoms with Gasteiger partial charge in [0.2, 0.25) is 0 Å². The smallest absolute Gasteiger partial charge is 0.340 e. The van der Waals surface area contributed by atoms with E-state index >= 15 is 0 Å². The average molecular weight is 281 g/mol. The van der Waals surface area contributed by atoms with E-state index in [1.54, 1.807) is 13.2 Å². The molecule has 1 saturated carbocycles. The van der Waals surface area contributed by atoms with Crippen LogP contribution in [0, 0.1) is 5.82 Å². The third kappa shape index (κ3) is 3.55. The van der Waals surface area contributed by atoms with Crippen LogP contribution in [0.25, 0.3) is 0 Å². The predicted molar refractivity (Wildman–Crippen MR) is 73.0 cm³/mol. The Labute approximate surface area is 118 Å². The van der Waals surface area contributed by atoms with E-state index in [1.807, 2.05) is 0 Å². The number of ether oxygens (including phenoxy) is 2. The summed E-state index contributed by atoms with van der Waals surface area (Å²) in [5.74, 6) is -1.20. The molecule has 1 N–H and O–H groups in total. The molecule has 110 valence electrons. The Kier molecular flexibility index (Phi) is 5.09. The van der Waals surface area contributed by atoms with Crippen molar-refractivity contribution in [2.45, 2.75) is 38.0 Å². The summed E-state index contributed by atoms with van der Waals surface area (Å²) in [6.07, 6.45) is 3.44. The topological polar surface area (TPSA) is 47.6 Å². The molecule has 1 aliphatic carbocycles. The molecule has 0 spiro atoms. The molecular formula is C15H20FNO3. The Morgan fingerprint density at radius 2 is 2.20 bits per heavy atom. The fraction of sp³-hybridized carbons (Fsp3) is 0.533. The van der Waals surface area contributed by atoms with Crippen molar-refractivity contribution in [1.82, 2.24) is 5.32 Å². The number of methoxy groups -OCH3 is 2. The molecule has 1 fully saturated rings. The van der Waals surface area contributed by atoms with Crippen molar-refractivity contribution in [1.29, 1.82) is 0 Å². The molecule has 0 bridgehead atoms. The zero-order chi connectivity index (χ0) is 14.5. The lowest BCUT2D eigenvalue weighted by Crippen LogP contribution is -2.26. The first-order chi connectivity index (χ1) is 9.63. The minimum Gasteiger partial charge on any atom is -0.465 e. The van der Waals surface area contributed by atoms with E-state index in [-0.39, 0.29) is 5.56 Å². The van der Waals surface area contributed by atoms with Crippen LogP contribution in [0.5, 0.6) is 0 Å². The van der Waals surface area contributed by atoms with E-state index < -0.39 is 11.8 Å². The molecule has 0 saturated heterocycles. The average Bonchev–Trinajstić information content (AvgIpc) is 2.92. The zero-order valence-corrected chi connectivity index (χ0v) is 11.8. The van der Waals surface area contributed by atoms with Crippen molar-refractivity contribution in [3.05, 3.63) is 35.1 Å². The molecule has 1 aromatic rings. The lowest BCUT2D eigenvalue weighted by Gasteiger charge is -2.13. The van der Waals surface area contributed by atoms with E-state index in [9.17, 15) is 9.18 Å². The number of carbonyl (C=O) groups is 1. The van der Waals surface area contributed by atoms with Gasteiger partial charge in [-0.15, -0.1) is 0 Å². The Hall–Kier alpha value is -1.46. The lowest BCUT2D eigenvalue weighted by molar-refractivity contribution is 0.0595. The Morgan fingerprint density at radius 1 is 1.40 bits per heavy atom. The lowest BCUT2D eigenvalue weighted by atomic mass is 10.1. The molecule has 2 unspecified atom stereocenters. The number of esters is 1. The van der Waals surface area contributed by atoms with Crippen LogP contribution >= 0.6 is 0 Å². The Morgan fingerprint density at radius 3 is 2.80 bits per heavy atom. The first-order valence-corrected chi connectivity index (χ1v) is 6.77. The molecule has 20 heavy (non-hydrogen) atoms. The van der Waals surface area contributed by atoms with Gasteiger partial charge < -0.3 is 14.8 Å². The van der Waals surface area contributed by atoms with Crippen molar-refractivity contribution < 1.29 is 18.7 Å². The summed E-state index contributed by atoms with van der Waals surface area (Å²) in [7, 11) is 2.97. The van der Waals surface area contributed by atoms with Crippen molar-refractivity contribution in [2.75, 3.05) is 14.2 Å². The molecule has 0 amide bonds. The molecule has 2 atom stereocenters. The summed E-state index contributed by atoms with van der Waals surface area (Å²) in [6.45, 7) is 0.583. The third-order valence-corrected chi connectivity index (χ3v) is 3.75. The highest BCUT2D eigenvalue weighted by molar-refractivity contribution is 5.89. The maximum Gasteiger partial charge on any atom is 0.340 e. The number of hydrogen-bond acceptors (Lipinski definition) is 4. The largest absolute Gasteiger partial charge is 0.465 e. The summed E-state index contributed by atoms with van der Waals surface area (Å²) in [6, 6.07) is 4.99. The summed E-state index contributed by atoms with van der Waals surface area (Å²) in [4.78, 5) is 11.3. The van der Waals surface area contributed by atoms with Crippen LogP contribution in [0.15, 0.2) is 18.2 Å². The van der Waals surface area contributed by atoms with Crippen LogP contribution in [0.4, 0.5) is 4.39 Å². The highest BCUT2D eigenvalue weighted by Gasteiger charge is 2.23. The van der Waals surface area contributed by atoms with Gasteiger partial charge >= 0.3 is 5.97 Å². The van der Waals surface area contributed by atoms with Crippen LogP contribution in [0.3, 0.4) is 0 Å². The van der Waals surface area contributed by atoms with Crippen molar-refractivity contribution >= 4 is 5.97 Å². The fourth-order valence-electron chi connectivity index (χ4n) is 2.55. The van der Waals surface area contributed by atoms with E-state index in [0.29, 0.717) is 18.7 Å². The molecule has 0 radical (unpaired) electrons. The summed E-state index contributed by atoms with van der Waals surface area (Å²) in [5, 5.41) is 3.39. The molecule has 1 aliphatic rings. The third-order valence-electron chi connectivity index (χ3n) is 3.75. The van der Waals surface area contributed by atoms with E-state index in [2.05, 4.69) is 10.1 Å². The van der Waals surface area contributed by atoms with Gasteiger partial charge in [0.1, 0.15) is 5.82 Å². The second kappa shape index (κ2) is 6.81. The van der Waals surface area contributed by atoms with Gasteiger partial charge in [-0.2, -0.15) is 0 Å². The highest BCUT2D eigenvalue weighted by Crippen LogP contribution is 2.22. The molecular weight excluding hydrogens is 261 g/mol. The molecule has 0 aromatic heterocycles. The molecule has 5 heteroatoms. The van der Waals surface area contributed by atoms with Gasteiger partial charge in [0.05, 0.1) is 18.8 Å². The number of halogens is 1. The first kappa shape index (κ1) is 14.9. The Balaban J connectivity index is 1.91. The molecule has 1 aromatic carbocycles. The second-order valence-electron chi connectivity index (χ2n) is 5.05. The highest BCUT2D eigenvalue weighted by atomic mass is 19.1. The van der Waals surface area contributed by atoms with Gasteiger partial charge in [0, 0.05) is 19.7 Å².